The summed E-state index contributed by atoms with van der Waals surface area (Å²) in [5.41, 5.74) is 2.31. The summed E-state index contributed by atoms with van der Waals surface area (Å²) < 4.78 is 0. The number of hydrogen-bond donors (Lipinski definition) is 0. The monoisotopic (exact) mass is 285 g/mol. The molecule has 0 saturated carbocycles. The molecule has 108 valence electrons. The van der Waals surface area contributed by atoms with Gasteiger partial charge in [-0.3, -0.25) is 4.98 Å². The number of aromatic nitrogens is 1. The van der Waals surface area contributed by atoms with Crippen LogP contribution < -0.4 is 0 Å². The van der Waals surface area contributed by atoms with Gasteiger partial charge in [0.2, 0.25) is 0 Å². The van der Waals surface area contributed by atoms with E-state index in [1.54, 1.807) is 0 Å². The first-order valence-corrected chi connectivity index (χ1v) is 7.76. The van der Waals surface area contributed by atoms with Gasteiger partial charge >= 0.3 is 0 Å². The van der Waals surface area contributed by atoms with E-state index in [0.717, 1.165) is 11.2 Å². The number of pyridine rings is 1. The zero-order chi connectivity index (χ0) is 15.3. The van der Waals surface area contributed by atoms with Crippen LogP contribution in [-0.4, -0.2) is 4.98 Å². The van der Waals surface area contributed by atoms with Crippen LogP contribution in [0.15, 0.2) is 60.7 Å². The molecular formula is C21H19N. The Morgan fingerprint density at radius 2 is 1.05 bits per heavy atom. The van der Waals surface area contributed by atoms with Crippen LogP contribution in [-0.2, 0) is 5.41 Å². The quantitative estimate of drug-likeness (QED) is 0.370. The van der Waals surface area contributed by atoms with E-state index in [2.05, 4.69) is 81.4 Å². The highest BCUT2D eigenvalue weighted by Crippen LogP contribution is 2.35. The molecule has 0 aliphatic heterocycles. The summed E-state index contributed by atoms with van der Waals surface area (Å²) >= 11 is 0. The van der Waals surface area contributed by atoms with Crippen LogP contribution in [0.25, 0.3) is 32.4 Å². The van der Waals surface area contributed by atoms with Crippen LogP contribution in [0, 0.1) is 0 Å². The molecule has 4 aromatic rings. The van der Waals surface area contributed by atoms with Crippen LogP contribution in [0.3, 0.4) is 0 Å². The van der Waals surface area contributed by atoms with E-state index in [0.29, 0.717) is 0 Å². The van der Waals surface area contributed by atoms with Crippen LogP contribution in [0.5, 0.6) is 0 Å². The van der Waals surface area contributed by atoms with Crippen LogP contribution >= 0.6 is 0 Å². The molecule has 1 aromatic heterocycles. The number of nitrogens with zero attached hydrogens (tertiary/aromatic N) is 1. The normalized spacial score (nSPS) is 12.3. The maximum Gasteiger partial charge on any atom is 0.0790 e. The Hall–Kier alpha value is -2.41. The molecular weight excluding hydrogens is 266 g/mol. The minimum atomic E-state index is 0.0565. The molecule has 0 saturated heterocycles. The smallest absolute Gasteiger partial charge is 0.0790 e. The van der Waals surface area contributed by atoms with Gasteiger partial charge in [0.05, 0.1) is 5.52 Å². The van der Waals surface area contributed by atoms with Crippen molar-refractivity contribution >= 4 is 32.4 Å². The molecule has 1 heterocycles. The molecule has 0 spiro atoms. The van der Waals surface area contributed by atoms with Gasteiger partial charge in [0.15, 0.2) is 0 Å². The summed E-state index contributed by atoms with van der Waals surface area (Å²) in [5.74, 6) is 0. The molecule has 0 amide bonds. The molecule has 0 unspecified atom stereocenters. The summed E-state index contributed by atoms with van der Waals surface area (Å²) in [6, 6.07) is 21.6. The Morgan fingerprint density at radius 3 is 1.59 bits per heavy atom. The summed E-state index contributed by atoms with van der Waals surface area (Å²) in [4.78, 5) is 5.02. The van der Waals surface area contributed by atoms with Crippen molar-refractivity contribution in [2.75, 3.05) is 0 Å². The predicted octanol–water partition coefficient (Wildman–Crippen LogP) is 5.84. The Bertz CT molecular complexity index is 971. The topological polar surface area (TPSA) is 12.9 Å². The van der Waals surface area contributed by atoms with Gasteiger partial charge in [-0.05, 0) is 22.2 Å². The van der Waals surface area contributed by atoms with Crippen molar-refractivity contribution in [2.45, 2.75) is 26.2 Å². The lowest BCUT2D eigenvalue weighted by Crippen LogP contribution is -2.13. The highest BCUT2D eigenvalue weighted by Gasteiger charge is 2.17. The van der Waals surface area contributed by atoms with E-state index in [4.69, 9.17) is 4.98 Å². The molecule has 0 aliphatic carbocycles. The largest absolute Gasteiger partial charge is 0.252 e. The van der Waals surface area contributed by atoms with Crippen LogP contribution in [0.4, 0.5) is 0 Å². The first-order valence-electron chi connectivity index (χ1n) is 7.76. The van der Waals surface area contributed by atoms with Crippen molar-refractivity contribution in [3.63, 3.8) is 0 Å². The molecule has 3 aromatic carbocycles. The zero-order valence-corrected chi connectivity index (χ0v) is 13.2. The third kappa shape index (κ3) is 1.89. The average molecular weight is 285 g/mol. The second-order valence-corrected chi connectivity index (χ2v) is 6.93. The average Bonchev–Trinajstić information content (AvgIpc) is 2.54. The lowest BCUT2D eigenvalue weighted by molar-refractivity contribution is 0.572. The third-order valence-corrected chi connectivity index (χ3v) is 4.35. The molecule has 0 N–H and O–H groups in total. The Balaban J connectivity index is 2.27. The zero-order valence-electron chi connectivity index (χ0n) is 13.2. The molecule has 0 fully saturated rings. The van der Waals surface area contributed by atoms with Gasteiger partial charge in [0, 0.05) is 21.9 Å². The van der Waals surface area contributed by atoms with Gasteiger partial charge in [0.1, 0.15) is 0 Å². The molecule has 0 atom stereocenters. The Kier molecular flexibility index (Phi) is 2.74. The highest BCUT2D eigenvalue weighted by atomic mass is 14.7. The summed E-state index contributed by atoms with van der Waals surface area (Å²) in [5, 5.41) is 6.34. The van der Waals surface area contributed by atoms with Gasteiger partial charge in [-0.1, -0.05) is 75.4 Å². The highest BCUT2D eigenvalue weighted by molar-refractivity contribution is 6.24. The Morgan fingerprint density at radius 1 is 0.591 bits per heavy atom. The second-order valence-electron chi connectivity index (χ2n) is 6.93. The number of rotatable bonds is 0. The van der Waals surface area contributed by atoms with E-state index in [9.17, 15) is 0 Å². The van der Waals surface area contributed by atoms with Crippen LogP contribution in [0.2, 0.25) is 0 Å². The van der Waals surface area contributed by atoms with Crippen molar-refractivity contribution in [1.29, 1.82) is 0 Å². The van der Waals surface area contributed by atoms with Crippen molar-refractivity contribution in [3.05, 3.63) is 66.4 Å². The first kappa shape index (κ1) is 13.3. The summed E-state index contributed by atoms with van der Waals surface area (Å²) in [6.07, 6.45) is 0. The van der Waals surface area contributed by atoms with E-state index in [-0.39, 0.29) is 5.41 Å². The minimum Gasteiger partial charge on any atom is -0.252 e. The standard InChI is InChI=1S/C21H19N/c1-21(2,3)19-13-12-18-16-10-5-4-8-14(16)15-9-6-7-11-17(15)20(18)22-19/h4-13H,1-3H3. The fourth-order valence-corrected chi connectivity index (χ4v) is 3.18. The second kappa shape index (κ2) is 4.54. The van der Waals surface area contributed by atoms with Gasteiger partial charge in [-0.25, -0.2) is 0 Å². The van der Waals surface area contributed by atoms with Gasteiger partial charge in [0.25, 0.3) is 0 Å². The number of benzene rings is 3. The molecule has 0 aliphatic rings. The SMILES string of the molecule is CC(C)(C)c1ccc2c3ccccc3c3ccccc3c2n1. The lowest BCUT2D eigenvalue weighted by Gasteiger charge is -2.19. The van der Waals surface area contributed by atoms with Gasteiger partial charge < -0.3 is 0 Å². The Labute approximate surface area is 130 Å². The van der Waals surface area contributed by atoms with E-state index in [1.165, 1.54) is 26.9 Å². The number of hydrogen-bond acceptors (Lipinski definition) is 1. The maximum absolute atomic E-state index is 5.02. The van der Waals surface area contributed by atoms with Gasteiger partial charge in [-0.2, -0.15) is 0 Å². The summed E-state index contributed by atoms with van der Waals surface area (Å²) in [6.45, 7) is 6.64. The molecule has 1 nitrogen and oxygen atoms in total. The molecule has 1 heteroatoms. The lowest BCUT2D eigenvalue weighted by atomic mass is 9.90. The molecule has 22 heavy (non-hydrogen) atoms. The van der Waals surface area contributed by atoms with Crippen molar-refractivity contribution in [2.24, 2.45) is 0 Å². The predicted molar refractivity (Wildman–Crippen MR) is 95.5 cm³/mol. The molecule has 4 rings (SSSR count). The van der Waals surface area contributed by atoms with E-state index in [1.807, 2.05) is 0 Å². The van der Waals surface area contributed by atoms with Crippen molar-refractivity contribution in [1.82, 2.24) is 4.98 Å². The van der Waals surface area contributed by atoms with Crippen molar-refractivity contribution < 1.29 is 0 Å². The van der Waals surface area contributed by atoms with Gasteiger partial charge in [-0.15, -0.1) is 0 Å². The van der Waals surface area contributed by atoms with E-state index >= 15 is 0 Å². The first-order chi connectivity index (χ1) is 10.6. The van der Waals surface area contributed by atoms with Crippen molar-refractivity contribution in [3.8, 4) is 0 Å². The summed E-state index contributed by atoms with van der Waals surface area (Å²) in [7, 11) is 0. The van der Waals surface area contributed by atoms with Crippen LogP contribution in [0.1, 0.15) is 26.5 Å². The van der Waals surface area contributed by atoms with E-state index < -0.39 is 0 Å². The minimum absolute atomic E-state index is 0.0565. The fourth-order valence-electron chi connectivity index (χ4n) is 3.18. The molecule has 0 radical (unpaired) electrons. The number of fused-ring (bicyclic) bond motifs is 6. The fraction of sp³-hybridized carbons (Fsp3) is 0.190. The maximum atomic E-state index is 5.02. The third-order valence-electron chi connectivity index (χ3n) is 4.35. The molecule has 0 bridgehead atoms.